The fraction of sp³-hybridized carbons (Fsp3) is 0.211. The highest BCUT2D eigenvalue weighted by atomic mass is 35.5. The SMILES string of the molecule is Cc1nn(-c2nc(-c3ccc(Cl)c(Cl)c3)c(SC(C)C)s2)cc1-c1ncc[nH]1. The molecule has 1 aromatic carbocycles. The molecule has 0 aliphatic rings. The van der Waals surface area contributed by atoms with Crippen molar-refractivity contribution in [3.63, 3.8) is 0 Å². The molecule has 0 atom stereocenters. The number of benzene rings is 1. The van der Waals surface area contributed by atoms with E-state index in [0.29, 0.717) is 15.3 Å². The van der Waals surface area contributed by atoms with E-state index in [2.05, 4.69) is 28.9 Å². The number of hydrogen-bond donors (Lipinski definition) is 1. The van der Waals surface area contributed by atoms with Gasteiger partial charge in [0.2, 0.25) is 5.13 Å². The summed E-state index contributed by atoms with van der Waals surface area (Å²) in [6.45, 7) is 6.29. The second kappa shape index (κ2) is 7.91. The number of thioether (sulfide) groups is 1. The highest BCUT2D eigenvalue weighted by molar-refractivity contribution is 8.01. The Kier molecular flexibility index (Phi) is 5.51. The van der Waals surface area contributed by atoms with Gasteiger partial charge in [-0.05, 0) is 19.1 Å². The number of aromatic nitrogens is 5. The van der Waals surface area contributed by atoms with E-state index in [9.17, 15) is 0 Å². The molecule has 3 heterocycles. The highest BCUT2D eigenvalue weighted by Crippen LogP contribution is 2.41. The Hall–Kier alpha value is -1.80. The predicted molar refractivity (Wildman–Crippen MR) is 118 cm³/mol. The molecule has 28 heavy (non-hydrogen) atoms. The van der Waals surface area contributed by atoms with Gasteiger partial charge in [-0.2, -0.15) is 5.10 Å². The standard InChI is InChI=1S/C19H17Cl2N5S2/c1-10(2)27-18-16(12-4-5-14(20)15(21)8-12)24-19(28-18)26-9-13(11(3)25-26)17-22-6-7-23-17/h4-10H,1-3H3,(H,22,23). The molecule has 5 nitrogen and oxygen atoms in total. The third-order valence-electron chi connectivity index (χ3n) is 3.97. The molecule has 3 aromatic heterocycles. The molecule has 0 amide bonds. The van der Waals surface area contributed by atoms with Crippen LogP contribution in [0.25, 0.3) is 27.8 Å². The number of imidazole rings is 1. The first-order valence-corrected chi connectivity index (χ1v) is 11.1. The molecule has 9 heteroatoms. The first-order valence-electron chi connectivity index (χ1n) is 8.61. The largest absolute Gasteiger partial charge is 0.345 e. The second-order valence-corrected chi connectivity index (χ2v) is 10.1. The van der Waals surface area contributed by atoms with E-state index in [1.165, 1.54) is 0 Å². The van der Waals surface area contributed by atoms with E-state index in [4.69, 9.17) is 28.2 Å². The minimum absolute atomic E-state index is 0.424. The van der Waals surface area contributed by atoms with Crippen molar-refractivity contribution in [2.24, 2.45) is 0 Å². The zero-order valence-electron chi connectivity index (χ0n) is 15.4. The number of hydrogen-bond acceptors (Lipinski definition) is 5. The van der Waals surface area contributed by atoms with Crippen molar-refractivity contribution in [2.75, 3.05) is 0 Å². The minimum atomic E-state index is 0.424. The Morgan fingerprint density at radius 2 is 2.04 bits per heavy atom. The van der Waals surface area contributed by atoms with Crippen molar-refractivity contribution in [3.05, 3.63) is 52.5 Å². The zero-order valence-corrected chi connectivity index (χ0v) is 18.5. The maximum Gasteiger partial charge on any atom is 0.211 e. The lowest BCUT2D eigenvalue weighted by Crippen LogP contribution is -1.94. The van der Waals surface area contributed by atoms with Crippen molar-refractivity contribution < 1.29 is 0 Å². The smallest absolute Gasteiger partial charge is 0.211 e. The number of aryl methyl sites for hydroxylation is 1. The summed E-state index contributed by atoms with van der Waals surface area (Å²) in [5, 5.41) is 6.91. The summed E-state index contributed by atoms with van der Waals surface area (Å²) in [6, 6.07) is 5.60. The van der Waals surface area contributed by atoms with Crippen LogP contribution in [-0.2, 0) is 0 Å². The maximum atomic E-state index is 6.24. The van der Waals surface area contributed by atoms with Crippen LogP contribution in [-0.4, -0.2) is 30.0 Å². The van der Waals surface area contributed by atoms with Crippen LogP contribution in [0.3, 0.4) is 0 Å². The van der Waals surface area contributed by atoms with Gasteiger partial charge in [0, 0.05) is 29.4 Å². The van der Waals surface area contributed by atoms with E-state index >= 15 is 0 Å². The lowest BCUT2D eigenvalue weighted by molar-refractivity contribution is 0.853. The van der Waals surface area contributed by atoms with Gasteiger partial charge in [0.05, 0.1) is 31.2 Å². The van der Waals surface area contributed by atoms with Crippen LogP contribution in [0.1, 0.15) is 19.5 Å². The molecule has 0 saturated carbocycles. The van der Waals surface area contributed by atoms with Gasteiger partial charge in [0.1, 0.15) is 5.82 Å². The second-order valence-electron chi connectivity index (χ2n) is 6.44. The predicted octanol–water partition coefficient (Wildman–Crippen LogP) is 6.50. The average Bonchev–Trinajstić information content (AvgIpc) is 3.36. The number of H-pyrrole nitrogens is 1. The van der Waals surface area contributed by atoms with E-state index in [1.807, 2.05) is 29.9 Å². The van der Waals surface area contributed by atoms with Crippen molar-refractivity contribution in [1.82, 2.24) is 24.7 Å². The fourth-order valence-corrected chi connectivity index (χ4v) is 5.46. The Morgan fingerprint density at radius 3 is 2.71 bits per heavy atom. The summed E-state index contributed by atoms with van der Waals surface area (Å²) in [4.78, 5) is 12.3. The quantitative estimate of drug-likeness (QED) is 0.353. The Morgan fingerprint density at radius 1 is 1.21 bits per heavy atom. The number of nitrogens with zero attached hydrogens (tertiary/aromatic N) is 4. The molecule has 1 N–H and O–H groups in total. The van der Waals surface area contributed by atoms with Gasteiger partial charge in [-0.25, -0.2) is 14.6 Å². The Bertz CT molecular complexity index is 1120. The summed E-state index contributed by atoms with van der Waals surface area (Å²) >= 11 is 15.7. The highest BCUT2D eigenvalue weighted by Gasteiger charge is 2.19. The molecular weight excluding hydrogens is 433 g/mol. The van der Waals surface area contributed by atoms with Crippen LogP contribution in [0.15, 0.2) is 41.0 Å². The number of rotatable bonds is 5. The van der Waals surface area contributed by atoms with E-state index in [-0.39, 0.29) is 0 Å². The van der Waals surface area contributed by atoms with Crippen molar-refractivity contribution >= 4 is 46.3 Å². The van der Waals surface area contributed by atoms with Gasteiger partial charge in [0.25, 0.3) is 0 Å². The third kappa shape index (κ3) is 3.85. The summed E-state index contributed by atoms with van der Waals surface area (Å²) in [5.41, 5.74) is 3.67. The summed E-state index contributed by atoms with van der Waals surface area (Å²) in [6.07, 6.45) is 5.49. The van der Waals surface area contributed by atoms with Gasteiger partial charge in [-0.3, -0.25) is 0 Å². The van der Waals surface area contributed by atoms with Gasteiger partial charge in [-0.15, -0.1) is 11.8 Å². The first kappa shape index (κ1) is 19.5. The molecule has 0 spiro atoms. The van der Waals surface area contributed by atoms with Crippen LogP contribution in [0.2, 0.25) is 10.0 Å². The molecule has 0 saturated heterocycles. The van der Waals surface area contributed by atoms with Crippen LogP contribution >= 0.6 is 46.3 Å². The van der Waals surface area contributed by atoms with Crippen LogP contribution in [0, 0.1) is 6.92 Å². The van der Waals surface area contributed by atoms with Crippen molar-refractivity contribution in [1.29, 1.82) is 0 Å². The molecule has 144 valence electrons. The van der Waals surface area contributed by atoms with E-state index in [1.54, 1.807) is 41.6 Å². The van der Waals surface area contributed by atoms with Gasteiger partial charge in [-0.1, -0.05) is 54.5 Å². The average molecular weight is 450 g/mol. The van der Waals surface area contributed by atoms with Gasteiger partial charge in [0.15, 0.2) is 0 Å². The molecule has 0 aliphatic carbocycles. The van der Waals surface area contributed by atoms with Crippen LogP contribution in [0.5, 0.6) is 0 Å². The van der Waals surface area contributed by atoms with Gasteiger partial charge < -0.3 is 4.98 Å². The number of thiazole rings is 1. The normalized spacial score (nSPS) is 11.5. The third-order valence-corrected chi connectivity index (χ3v) is 6.96. The molecule has 4 aromatic rings. The number of nitrogens with one attached hydrogen (secondary N) is 1. The summed E-state index contributed by atoms with van der Waals surface area (Å²) in [5.74, 6) is 0.793. The molecule has 0 fully saturated rings. The maximum absolute atomic E-state index is 6.24. The van der Waals surface area contributed by atoms with Crippen molar-refractivity contribution in [3.8, 4) is 27.8 Å². The number of halogens is 2. The first-order chi connectivity index (χ1) is 13.4. The molecule has 0 radical (unpaired) electrons. The molecule has 0 unspecified atom stereocenters. The number of aromatic amines is 1. The fourth-order valence-electron chi connectivity index (χ4n) is 2.72. The lowest BCUT2D eigenvalue weighted by atomic mass is 10.2. The van der Waals surface area contributed by atoms with Crippen LogP contribution in [0.4, 0.5) is 0 Å². The summed E-state index contributed by atoms with van der Waals surface area (Å²) < 4.78 is 2.93. The topological polar surface area (TPSA) is 59.4 Å². The molecule has 4 rings (SSSR count). The van der Waals surface area contributed by atoms with E-state index in [0.717, 1.165) is 37.7 Å². The molecule has 0 aliphatic heterocycles. The van der Waals surface area contributed by atoms with Crippen LogP contribution < -0.4 is 0 Å². The monoisotopic (exact) mass is 449 g/mol. The Balaban J connectivity index is 1.79. The van der Waals surface area contributed by atoms with Gasteiger partial charge >= 0.3 is 0 Å². The molecule has 0 bridgehead atoms. The van der Waals surface area contributed by atoms with E-state index < -0.39 is 0 Å². The molecular formula is C19H17Cl2N5S2. The zero-order chi connectivity index (χ0) is 19.8. The van der Waals surface area contributed by atoms with Crippen molar-refractivity contribution in [2.45, 2.75) is 30.2 Å². The summed E-state index contributed by atoms with van der Waals surface area (Å²) in [7, 11) is 0. The Labute approximate surface area is 181 Å². The lowest BCUT2D eigenvalue weighted by Gasteiger charge is -2.05. The minimum Gasteiger partial charge on any atom is -0.345 e.